The minimum Gasteiger partial charge on any atom is -0.462 e. The van der Waals surface area contributed by atoms with Gasteiger partial charge >= 0.3 is 5.97 Å². The van der Waals surface area contributed by atoms with E-state index in [-0.39, 0.29) is 18.2 Å². The van der Waals surface area contributed by atoms with Gasteiger partial charge in [-0.1, -0.05) is 48.0 Å². The molecule has 0 amide bonds. The first kappa shape index (κ1) is 21.9. The zero-order chi connectivity index (χ0) is 23.5. The van der Waals surface area contributed by atoms with Crippen LogP contribution in [0.3, 0.4) is 0 Å². The number of aryl methyl sites for hydroxylation is 2. The van der Waals surface area contributed by atoms with Crippen molar-refractivity contribution in [1.82, 2.24) is 9.55 Å². The molecule has 1 N–H and O–H groups in total. The fourth-order valence-corrected chi connectivity index (χ4v) is 4.42. The normalized spacial score (nSPS) is 13.4. The number of esters is 1. The summed E-state index contributed by atoms with van der Waals surface area (Å²) in [6, 6.07) is 23.4. The fourth-order valence-electron chi connectivity index (χ4n) is 4.42. The topological polar surface area (TPSA) is 73.2 Å². The number of nitrogens with one attached hydrogen (secondary N) is 1. The van der Waals surface area contributed by atoms with Crippen molar-refractivity contribution in [3.8, 4) is 0 Å². The van der Waals surface area contributed by atoms with Gasteiger partial charge in [-0.25, -0.2) is 9.78 Å². The predicted octanol–water partition coefficient (Wildman–Crippen LogP) is 5.05. The molecule has 6 nitrogen and oxygen atoms in total. The van der Waals surface area contributed by atoms with Crippen LogP contribution < -0.4 is 10.9 Å². The van der Waals surface area contributed by atoms with Crippen LogP contribution in [0.15, 0.2) is 77.6 Å². The second-order valence-electron chi connectivity index (χ2n) is 8.72. The molecule has 0 aliphatic carbocycles. The van der Waals surface area contributed by atoms with Crippen LogP contribution >= 0.6 is 0 Å². The second kappa shape index (κ2) is 9.51. The number of rotatable bonds is 7. The highest BCUT2D eigenvalue weighted by Gasteiger charge is 2.18. The molecule has 6 heteroatoms. The Hall–Kier alpha value is -3.93. The SMILES string of the molecule is Cc1ccc(N[C@@H](CCOC(=O)c2ccc3c(=O)n4c(nc3c2)CCC4)c2ccccc2)cc1. The number of hydrogen-bond acceptors (Lipinski definition) is 5. The molecule has 1 aromatic heterocycles. The van der Waals surface area contributed by atoms with E-state index in [1.54, 1.807) is 22.8 Å². The lowest BCUT2D eigenvalue weighted by Crippen LogP contribution is -2.21. The van der Waals surface area contributed by atoms with E-state index in [1.165, 1.54) is 5.56 Å². The molecule has 1 atom stereocenters. The highest BCUT2D eigenvalue weighted by molar-refractivity contribution is 5.94. The molecule has 0 saturated carbocycles. The summed E-state index contributed by atoms with van der Waals surface area (Å²) in [7, 11) is 0. The number of fused-ring (bicyclic) bond motifs is 2. The van der Waals surface area contributed by atoms with Gasteiger partial charge in [-0.05, 0) is 49.2 Å². The quantitative estimate of drug-likeness (QED) is 0.397. The van der Waals surface area contributed by atoms with Crippen molar-refractivity contribution < 1.29 is 9.53 Å². The largest absolute Gasteiger partial charge is 0.462 e. The summed E-state index contributed by atoms with van der Waals surface area (Å²) in [4.78, 5) is 30.0. The van der Waals surface area contributed by atoms with Gasteiger partial charge in [-0.15, -0.1) is 0 Å². The van der Waals surface area contributed by atoms with Gasteiger partial charge in [0.1, 0.15) is 5.82 Å². The van der Waals surface area contributed by atoms with Crippen molar-refractivity contribution in [2.45, 2.75) is 38.8 Å². The van der Waals surface area contributed by atoms with Gasteiger partial charge in [0, 0.05) is 25.1 Å². The minimum absolute atomic E-state index is 0.00221. The molecule has 0 bridgehead atoms. The van der Waals surface area contributed by atoms with Crippen molar-refractivity contribution >= 4 is 22.6 Å². The van der Waals surface area contributed by atoms with Gasteiger partial charge in [-0.2, -0.15) is 0 Å². The minimum atomic E-state index is -0.411. The molecule has 2 heterocycles. The smallest absolute Gasteiger partial charge is 0.338 e. The summed E-state index contributed by atoms with van der Waals surface area (Å²) in [6.45, 7) is 3.03. The monoisotopic (exact) mass is 453 g/mol. The van der Waals surface area contributed by atoms with Gasteiger partial charge in [0.15, 0.2) is 0 Å². The van der Waals surface area contributed by atoms with E-state index in [0.717, 1.165) is 29.9 Å². The summed E-state index contributed by atoms with van der Waals surface area (Å²) in [6.07, 6.45) is 2.33. The lowest BCUT2D eigenvalue weighted by Gasteiger charge is -2.20. The van der Waals surface area contributed by atoms with Gasteiger partial charge in [0.25, 0.3) is 5.56 Å². The van der Waals surface area contributed by atoms with Gasteiger partial charge in [-0.3, -0.25) is 9.36 Å². The Morgan fingerprint density at radius 3 is 2.68 bits per heavy atom. The van der Waals surface area contributed by atoms with Crippen LogP contribution in [0.25, 0.3) is 10.9 Å². The first-order valence-corrected chi connectivity index (χ1v) is 11.7. The van der Waals surface area contributed by atoms with Crippen molar-refractivity contribution in [3.05, 3.63) is 106 Å². The summed E-state index contributed by atoms with van der Waals surface area (Å²) in [5.74, 6) is 0.377. The Labute approximate surface area is 198 Å². The number of hydrogen-bond donors (Lipinski definition) is 1. The average Bonchev–Trinajstić information content (AvgIpc) is 3.34. The Morgan fingerprint density at radius 2 is 1.88 bits per heavy atom. The zero-order valence-corrected chi connectivity index (χ0v) is 19.2. The first-order valence-electron chi connectivity index (χ1n) is 11.7. The maximum absolute atomic E-state index is 12.8. The van der Waals surface area contributed by atoms with E-state index in [9.17, 15) is 9.59 Å². The van der Waals surface area contributed by atoms with Crippen LogP contribution in [0.5, 0.6) is 0 Å². The summed E-state index contributed by atoms with van der Waals surface area (Å²) >= 11 is 0. The number of anilines is 1. The highest BCUT2D eigenvalue weighted by Crippen LogP contribution is 2.23. The molecule has 5 rings (SSSR count). The lowest BCUT2D eigenvalue weighted by atomic mass is 10.0. The molecular weight excluding hydrogens is 426 g/mol. The molecule has 0 unspecified atom stereocenters. The first-order chi connectivity index (χ1) is 16.6. The van der Waals surface area contributed by atoms with Gasteiger partial charge < -0.3 is 10.1 Å². The van der Waals surface area contributed by atoms with E-state index in [2.05, 4.69) is 53.6 Å². The molecule has 1 aliphatic rings. The van der Waals surface area contributed by atoms with Crippen LogP contribution in [-0.2, 0) is 17.7 Å². The third-order valence-electron chi connectivity index (χ3n) is 6.29. The Balaban J connectivity index is 1.28. The van der Waals surface area contributed by atoms with Crippen LogP contribution in [-0.4, -0.2) is 22.1 Å². The molecule has 0 saturated heterocycles. The summed E-state index contributed by atoms with van der Waals surface area (Å²) in [5, 5.41) is 4.09. The van der Waals surface area contributed by atoms with Gasteiger partial charge in [0.05, 0.1) is 29.1 Å². The molecule has 0 fully saturated rings. The zero-order valence-electron chi connectivity index (χ0n) is 19.2. The van der Waals surface area contributed by atoms with Crippen LogP contribution in [0.1, 0.15) is 46.2 Å². The number of benzene rings is 3. The maximum atomic E-state index is 12.8. The molecule has 4 aromatic rings. The fraction of sp³-hybridized carbons (Fsp3) is 0.250. The molecule has 0 spiro atoms. The maximum Gasteiger partial charge on any atom is 0.338 e. The van der Waals surface area contributed by atoms with E-state index in [4.69, 9.17) is 4.74 Å². The molecule has 34 heavy (non-hydrogen) atoms. The third-order valence-corrected chi connectivity index (χ3v) is 6.29. The Morgan fingerprint density at radius 1 is 1.09 bits per heavy atom. The highest BCUT2D eigenvalue weighted by atomic mass is 16.5. The van der Waals surface area contributed by atoms with Gasteiger partial charge in [0.2, 0.25) is 0 Å². The number of carbonyl (C=O) groups excluding carboxylic acids is 1. The Bertz CT molecular complexity index is 1380. The summed E-state index contributed by atoms with van der Waals surface area (Å²) in [5.41, 5.74) is 4.27. The van der Waals surface area contributed by atoms with Crippen molar-refractivity contribution in [3.63, 3.8) is 0 Å². The summed E-state index contributed by atoms with van der Waals surface area (Å²) < 4.78 is 7.35. The predicted molar refractivity (Wildman–Crippen MR) is 133 cm³/mol. The van der Waals surface area contributed by atoms with Crippen LogP contribution in [0.2, 0.25) is 0 Å². The van der Waals surface area contributed by atoms with Crippen molar-refractivity contribution in [1.29, 1.82) is 0 Å². The molecular formula is C28H27N3O3. The number of aromatic nitrogens is 2. The lowest BCUT2D eigenvalue weighted by molar-refractivity contribution is 0.0495. The van der Waals surface area contributed by atoms with Crippen molar-refractivity contribution in [2.24, 2.45) is 0 Å². The van der Waals surface area contributed by atoms with Crippen molar-refractivity contribution in [2.75, 3.05) is 11.9 Å². The Kier molecular flexibility index (Phi) is 6.12. The van der Waals surface area contributed by atoms with Crippen LogP contribution in [0.4, 0.5) is 5.69 Å². The average molecular weight is 454 g/mol. The number of nitrogens with zero attached hydrogens (tertiary/aromatic N) is 2. The third kappa shape index (κ3) is 4.57. The molecule has 0 radical (unpaired) electrons. The number of ether oxygens (including phenoxy) is 1. The standard InChI is InChI=1S/C28H27N3O3/c1-19-9-12-22(13-10-19)29-24(20-6-3-2-4-7-20)15-17-34-28(33)21-11-14-23-25(18-21)30-26-8-5-16-31(26)27(23)32/h2-4,6-7,9-14,18,24,29H,5,8,15-17H2,1H3/t24-/m0/s1. The van der Waals surface area contributed by atoms with E-state index >= 15 is 0 Å². The van der Waals surface area contributed by atoms with E-state index in [1.807, 2.05) is 18.2 Å². The molecule has 3 aromatic carbocycles. The second-order valence-corrected chi connectivity index (χ2v) is 8.72. The van der Waals surface area contributed by atoms with E-state index < -0.39 is 5.97 Å². The molecule has 172 valence electrons. The van der Waals surface area contributed by atoms with Crippen LogP contribution in [0, 0.1) is 6.92 Å². The molecule has 1 aliphatic heterocycles. The number of carbonyl (C=O) groups is 1. The van der Waals surface area contributed by atoms with E-state index in [0.29, 0.717) is 29.4 Å².